The highest BCUT2D eigenvalue weighted by Gasteiger charge is 2.25. The van der Waals surface area contributed by atoms with Gasteiger partial charge in [0.05, 0.1) is 13.2 Å². The Morgan fingerprint density at radius 1 is 0.569 bits per heavy atom. The van der Waals surface area contributed by atoms with Crippen molar-refractivity contribution in [3.05, 3.63) is 109 Å². The summed E-state index contributed by atoms with van der Waals surface area (Å²) < 4.78 is 32.6. The van der Waals surface area contributed by atoms with Gasteiger partial charge in [-0.2, -0.15) is 0 Å². The number of esters is 2. The van der Waals surface area contributed by atoms with E-state index in [1.54, 1.807) is 12.2 Å². The zero-order valence-electron chi connectivity index (χ0n) is 35.5. The summed E-state index contributed by atoms with van der Waals surface area (Å²) >= 11 is 0. The largest absolute Gasteiger partial charge is 0.472 e. The normalized spacial score (nSPS) is 14.3. The number of phosphoric ester groups is 1. The van der Waals surface area contributed by atoms with Crippen LogP contribution in [0.1, 0.15) is 136 Å². The van der Waals surface area contributed by atoms with E-state index in [0.29, 0.717) is 25.7 Å². The van der Waals surface area contributed by atoms with Crippen LogP contribution in [0.4, 0.5) is 0 Å². The standard InChI is InChI=1S/C47H74NO9P/c1-3-5-7-8-9-10-11-12-13-14-15-16-17-18-21-24-27-30-34-38-46(50)54-42-45(43-56-58(52,53)55-41-40-48)57-47(51)39-35-31-28-25-22-19-20-23-26-29-33-37-44(49)36-32-6-4-2/h9-10,12-13,15-16,18-21,25-30,33,37,45H,3-8,11,14,17,22-24,31-32,34-36,38-43,48H2,1-2H3,(H,52,53)/b10-9-,13-12-,16-15-,20-19-,21-18-,28-25-,29-26-,30-27-,37-33+/t45-/m1/s1. The van der Waals surface area contributed by atoms with Gasteiger partial charge in [-0.15, -0.1) is 0 Å². The zero-order chi connectivity index (χ0) is 42.6. The molecule has 2 atom stereocenters. The van der Waals surface area contributed by atoms with Gasteiger partial charge in [0, 0.05) is 25.8 Å². The summed E-state index contributed by atoms with van der Waals surface area (Å²) in [5.41, 5.74) is 5.33. The van der Waals surface area contributed by atoms with E-state index in [2.05, 4.69) is 62.5 Å². The summed E-state index contributed by atoms with van der Waals surface area (Å²) in [6, 6.07) is 0. The number of nitrogens with two attached hydrogens (primary N) is 1. The Kier molecular flexibility index (Phi) is 38.9. The van der Waals surface area contributed by atoms with Crippen molar-refractivity contribution in [3.8, 4) is 0 Å². The molecule has 1 unspecified atom stereocenters. The van der Waals surface area contributed by atoms with Crippen molar-refractivity contribution in [3.63, 3.8) is 0 Å². The van der Waals surface area contributed by atoms with Gasteiger partial charge in [-0.25, -0.2) is 4.57 Å². The van der Waals surface area contributed by atoms with Crippen molar-refractivity contribution in [1.29, 1.82) is 0 Å². The quantitative estimate of drug-likeness (QED) is 0.0154. The van der Waals surface area contributed by atoms with E-state index >= 15 is 0 Å². The smallest absolute Gasteiger partial charge is 0.462 e. The molecule has 0 saturated heterocycles. The highest BCUT2D eigenvalue weighted by molar-refractivity contribution is 7.47. The first-order valence-corrected chi connectivity index (χ1v) is 22.8. The summed E-state index contributed by atoms with van der Waals surface area (Å²) in [6.45, 7) is 3.34. The predicted octanol–water partition coefficient (Wildman–Crippen LogP) is 11.6. The van der Waals surface area contributed by atoms with Crippen LogP contribution in [0.5, 0.6) is 0 Å². The van der Waals surface area contributed by atoms with Gasteiger partial charge in [-0.1, -0.05) is 143 Å². The van der Waals surface area contributed by atoms with E-state index in [0.717, 1.165) is 57.8 Å². The van der Waals surface area contributed by atoms with Crippen molar-refractivity contribution >= 4 is 25.5 Å². The lowest BCUT2D eigenvalue weighted by Crippen LogP contribution is -2.29. The Balaban J connectivity index is 4.45. The Morgan fingerprint density at radius 3 is 1.66 bits per heavy atom. The highest BCUT2D eigenvalue weighted by atomic mass is 31.2. The fraction of sp³-hybridized carbons (Fsp3) is 0.553. The molecule has 0 aliphatic heterocycles. The Bertz CT molecular complexity index is 1370. The van der Waals surface area contributed by atoms with Crippen molar-refractivity contribution in [2.75, 3.05) is 26.4 Å². The monoisotopic (exact) mass is 828 g/mol. The number of carbonyl (C=O) groups excluding carboxylic acids is 3. The number of unbranched alkanes of at least 4 members (excludes halogenated alkanes) is 6. The van der Waals surface area contributed by atoms with Crippen LogP contribution in [0.2, 0.25) is 0 Å². The zero-order valence-corrected chi connectivity index (χ0v) is 36.4. The van der Waals surface area contributed by atoms with Crippen LogP contribution in [-0.4, -0.2) is 55.1 Å². The number of hydrogen-bond donors (Lipinski definition) is 2. The van der Waals surface area contributed by atoms with Crippen LogP contribution in [0.3, 0.4) is 0 Å². The minimum atomic E-state index is -4.43. The number of phosphoric acid groups is 1. The fourth-order valence-corrected chi connectivity index (χ4v) is 5.68. The molecule has 0 heterocycles. The first-order valence-electron chi connectivity index (χ1n) is 21.3. The molecule has 0 rings (SSSR count). The van der Waals surface area contributed by atoms with Crippen molar-refractivity contribution < 1.29 is 42.4 Å². The first-order chi connectivity index (χ1) is 28.2. The SMILES string of the molecule is CCCCC/C=C\C/C=C\C/C=C\C/C=C\C/C=C\CCC(=O)OC[C@H](COP(=O)(O)OCCN)OC(=O)CCC/C=C\C/C=C\C/C=C\C=C\C(=O)CCCCC. The van der Waals surface area contributed by atoms with E-state index in [1.807, 2.05) is 48.6 Å². The van der Waals surface area contributed by atoms with Gasteiger partial charge < -0.3 is 20.1 Å². The molecular formula is C47H74NO9P. The summed E-state index contributed by atoms with van der Waals surface area (Å²) in [7, 11) is -4.43. The molecule has 0 saturated carbocycles. The Morgan fingerprint density at radius 2 is 1.09 bits per heavy atom. The molecule has 0 bridgehead atoms. The molecule has 0 aliphatic carbocycles. The predicted molar refractivity (Wildman–Crippen MR) is 238 cm³/mol. The molecule has 58 heavy (non-hydrogen) atoms. The minimum absolute atomic E-state index is 0.0191. The number of carbonyl (C=O) groups is 3. The van der Waals surface area contributed by atoms with E-state index in [4.69, 9.17) is 24.3 Å². The van der Waals surface area contributed by atoms with Crippen molar-refractivity contribution in [2.24, 2.45) is 5.73 Å². The van der Waals surface area contributed by atoms with E-state index in [-0.39, 0.29) is 38.4 Å². The van der Waals surface area contributed by atoms with Gasteiger partial charge >= 0.3 is 19.8 Å². The van der Waals surface area contributed by atoms with Crippen LogP contribution < -0.4 is 5.73 Å². The van der Waals surface area contributed by atoms with Crippen LogP contribution in [0.25, 0.3) is 0 Å². The van der Waals surface area contributed by atoms with Gasteiger partial charge in [-0.05, 0) is 83.1 Å². The molecule has 0 amide bonds. The van der Waals surface area contributed by atoms with E-state index in [9.17, 15) is 23.8 Å². The maximum absolute atomic E-state index is 12.5. The maximum Gasteiger partial charge on any atom is 0.472 e. The third-order valence-electron chi connectivity index (χ3n) is 8.12. The lowest BCUT2D eigenvalue weighted by Gasteiger charge is -2.19. The average molecular weight is 828 g/mol. The molecule has 10 nitrogen and oxygen atoms in total. The Hall–Kier alpha value is -3.66. The summed E-state index contributed by atoms with van der Waals surface area (Å²) in [5, 5.41) is 0. The molecule has 326 valence electrons. The van der Waals surface area contributed by atoms with Gasteiger partial charge in [-0.3, -0.25) is 23.4 Å². The molecule has 0 aliphatic rings. The average Bonchev–Trinajstić information content (AvgIpc) is 3.20. The van der Waals surface area contributed by atoms with Gasteiger partial charge in [0.1, 0.15) is 6.61 Å². The van der Waals surface area contributed by atoms with Crippen LogP contribution in [-0.2, 0) is 37.5 Å². The summed E-state index contributed by atoms with van der Waals surface area (Å²) in [4.78, 5) is 46.5. The second-order valence-corrected chi connectivity index (χ2v) is 15.0. The third kappa shape index (κ3) is 40.5. The lowest BCUT2D eigenvalue weighted by atomic mass is 10.1. The van der Waals surface area contributed by atoms with Crippen LogP contribution in [0, 0.1) is 0 Å². The molecule has 0 aromatic heterocycles. The van der Waals surface area contributed by atoms with E-state index in [1.165, 1.54) is 25.7 Å². The summed E-state index contributed by atoms with van der Waals surface area (Å²) in [6.07, 6.45) is 51.2. The van der Waals surface area contributed by atoms with E-state index < -0.39 is 32.5 Å². The maximum atomic E-state index is 12.5. The molecule has 0 aromatic rings. The molecule has 0 radical (unpaired) electrons. The van der Waals surface area contributed by atoms with Crippen molar-refractivity contribution in [1.82, 2.24) is 0 Å². The number of ketones is 1. The highest BCUT2D eigenvalue weighted by Crippen LogP contribution is 2.43. The van der Waals surface area contributed by atoms with Gasteiger partial charge in [0.15, 0.2) is 11.9 Å². The fourth-order valence-electron chi connectivity index (χ4n) is 4.92. The molecule has 0 spiro atoms. The number of ether oxygens (including phenoxy) is 2. The number of hydrogen-bond acceptors (Lipinski definition) is 9. The first kappa shape index (κ1) is 54.3. The minimum Gasteiger partial charge on any atom is -0.462 e. The third-order valence-corrected chi connectivity index (χ3v) is 9.11. The molecule has 11 heteroatoms. The topological polar surface area (TPSA) is 151 Å². The second-order valence-electron chi connectivity index (χ2n) is 13.5. The van der Waals surface area contributed by atoms with Gasteiger partial charge in [0.2, 0.25) is 0 Å². The molecule has 0 aromatic carbocycles. The Labute approximate surface area is 350 Å². The molecular weight excluding hydrogens is 753 g/mol. The second kappa shape index (κ2) is 41.5. The number of rotatable bonds is 38. The van der Waals surface area contributed by atoms with Crippen molar-refractivity contribution in [2.45, 2.75) is 142 Å². The summed E-state index contributed by atoms with van der Waals surface area (Å²) in [5.74, 6) is -0.878. The lowest BCUT2D eigenvalue weighted by molar-refractivity contribution is -0.161. The number of allylic oxidation sites excluding steroid dienone is 18. The van der Waals surface area contributed by atoms with Crippen LogP contribution >= 0.6 is 7.82 Å². The molecule has 0 fully saturated rings. The molecule has 3 N–H and O–H groups in total. The van der Waals surface area contributed by atoms with Gasteiger partial charge in [0.25, 0.3) is 0 Å². The van der Waals surface area contributed by atoms with Crippen LogP contribution in [0.15, 0.2) is 109 Å².